The van der Waals surface area contributed by atoms with Crippen LogP contribution in [0.3, 0.4) is 0 Å². The fourth-order valence-corrected chi connectivity index (χ4v) is 6.43. The molecule has 0 spiro atoms. The van der Waals surface area contributed by atoms with Crippen molar-refractivity contribution in [2.75, 3.05) is 0 Å². The van der Waals surface area contributed by atoms with Crippen molar-refractivity contribution in [3.05, 3.63) is 22.2 Å². The Labute approximate surface area is 212 Å². The van der Waals surface area contributed by atoms with Gasteiger partial charge in [0.25, 0.3) is 0 Å². The predicted octanol–water partition coefficient (Wildman–Crippen LogP) is 4.28. The quantitative estimate of drug-likeness (QED) is 0.378. The number of thiazole rings is 1. The fraction of sp³-hybridized carbons (Fsp3) is 0.571. The summed E-state index contributed by atoms with van der Waals surface area (Å²) in [5.41, 5.74) is 0.465. The van der Waals surface area contributed by atoms with Crippen molar-refractivity contribution in [3.8, 4) is 11.5 Å². The smallest absolute Gasteiger partial charge is 0.363 e. The summed E-state index contributed by atoms with van der Waals surface area (Å²) in [6.45, 7) is 9.36. The van der Waals surface area contributed by atoms with Crippen LogP contribution in [0.5, 0.6) is 0 Å². The van der Waals surface area contributed by atoms with E-state index in [0.717, 1.165) is 5.01 Å². The zero-order valence-electron chi connectivity index (χ0n) is 19.3. The van der Waals surface area contributed by atoms with Crippen molar-refractivity contribution < 1.29 is 37.3 Å². The lowest BCUT2D eigenvalue weighted by Gasteiger charge is -2.30. The Hall–Kier alpha value is -1.56. The summed E-state index contributed by atoms with van der Waals surface area (Å²) in [4.78, 5) is 15.7. The number of furan rings is 1. The van der Waals surface area contributed by atoms with Crippen molar-refractivity contribution in [3.63, 3.8) is 0 Å². The van der Waals surface area contributed by atoms with Gasteiger partial charge in [-0.1, -0.05) is 13.8 Å². The second-order valence-electron chi connectivity index (χ2n) is 8.68. The Morgan fingerprint density at radius 1 is 1.15 bits per heavy atom. The Bertz CT molecular complexity index is 1100. The zero-order valence-corrected chi connectivity index (χ0v) is 22.6. The molecule has 0 amide bonds. The van der Waals surface area contributed by atoms with Crippen LogP contribution in [0.4, 0.5) is 0 Å². The molecule has 9 nitrogen and oxygen atoms in total. The second kappa shape index (κ2) is 9.83. The van der Waals surface area contributed by atoms with E-state index in [4.69, 9.17) is 52.3 Å². The van der Waals surface area contributed by atoms with Crippen molar-refractivity contribution in [1.29, 1.82) is 0 Å². The molecule has 2 saturated heterocycles. The van der Waals surface area contributed by atoms with Crippen LogP contribution < -0.4 is 5.30 Å². The van der Waals surface area contributed by atoms with Crippen LogP contribution in [0.15, 0.2) is 15.9 Å². The molecule has 2 fully saturated rings. The Balaban J connectivity index is 1.73. The van der Waals surface area contributed by atoms with Crippen LogP contribution in [0.2, 0.25) is 0 Å². The Morgan fingerprint density at radius 3 is 2.18 bits per heavy atom. The fourth-order valence-electron chi connectivity index (χ4n) is 3.90. The molecule has 0 aliphatic carbocycles. The first-order valence-corrected chi connectivity index (χ1v) is 14.0. The van der Waals surface area contributed by atoms with Crippen molar-refractivity contribution in [1.82, 2.24) is 4.98 Å². The lowest BCUT2D eigenvalue weighted by atomic mass is 10.0. The van der Waals surface area contributed by atoms with Gasteiger partial charge in [0.15, 0.2) is 18.0 Å². The molecule has 2 aliphatic heterocycles. The van der Waals surface area contributed by atoms with E-state index in [1.165, 1.54) is 11.3 Å². The van der Waals surface area contributed by atoms with Gasteiger partial charge in [-0.2, -0.15) is 0 Å². The summed E-state index contributed by atoms with van der Waals surface area (Å²) in [6, 6.07) is 1.56. The van der Waals surface area contributed by atoms with Gasteiger partial charge >= 0.3 is 18.1 Å². The maximum atomic E-state index is 13.8. The highest BCUT2D eigenvalue weighted by atomic mass is 32.1. The average molecular weight is 548 g/mol. The minimum atomic E-state index is -4.50. The summed E-state index contributed by atoms with van der Waals surface area (Å²) < 4.78 is 47.9. The lowest BCUT2D eigenvalue weighted by Crippen LogP contribution is -2.47. The third-order valence-corrected chi connectivity index (χ3v) is 8.02. The van der Waals surface area contributed by atoms with Gasteiger partial charge in [-0.05, 0) is 32.8 Å². The molecule has 5 atom stereocenters. The predicted molar refractivity (Wildman–Crippen MR) is 133 cm³/mol. The molecule has 4 rings (SSSR count). The van der Waals surface area contributed by atoms with Crippen LogP contribution >= 0.6 is 43.4 Å². The molecule has 2 aromatic rings. The highest BCUT2D eigenvalue weighted by Gasteiger charge is 2.51. The molecular formula is C21H26NO8PS3. The van der Waals surface area contributed by atoms with Gasteiger partial charge < -0.3 is 28.3 Å². The van der Waals surface area contributed by atoms with E-state index in [1.54, 1.807) is 25.3 Å². The minimum Gasteiger partial charge on any atom is -0.458 e. The van der Waals surface area contributed by atoms with E-state index in [2.05, 4.69) is 4.98 Å². The van der Waals surface area contributed by atoms with E-state index >= 15 is 0 Å². The Kier molecular flexibility index (Phi) is 7.38. The number of nitrogens with zero attached hydrogens (tertiary/aromatic N) is 1. The van der Waals surface area contributed by atoms with Crippen LogP contribution in [0.1, 0.15) is 38.5 Å². The standard InChI is InChI=1S/C21H26NO8PS3/c1-9(2)6-13-7-15(18(27-13)14-8-34-12(5)22-14)31(23,24)30-19(16-10(3)25-20(32)28-16)17-11(4)26-21(33)29-17/h7-11,16-17,19H,6H2,1-5H3,(H,23,24). The number of rotatable bonds is 8. The lowest BCUT2D eigenvalue weighted by molar-refractivity contribution is -0.0413. The van der Waals surface area contributed by atoms with E-state index in [9.17, 15) is 9.46 Å². The van der Waals surface area contributed by atoms with Crippen molar-refractivity contribution in [2.24, 2.45) is 5.92 Å². The molecule has 13 heteroatoms. The van der Waals surface area contributed by atoms with Gasteiger partial charge in [0.05, 0.1) is 5.01 Å². The van der Waals surface area contributed by atoms with E-state index in [-0.39, 0.29) is 27.5 Å². The Morgan fingerprint density at radius 2 is 1.74 bits per heavy atom. The zero-order chi connectivity index (χ0) is 24.8. The molecule has 0 radical (unpaired) electrons. The second-order valence-corrected chi connectivity index (χ2v) is 12.1. The number of thiocarbonyl (C=S) groups is 2. The average Bonchev–Trinajstić information content (AvgIpc) is 3.47. The number of aryl methyl sites for hydroxylation is 1. The number of hydrogen-bond donors (Lipinski definition) is 1. The molecule has 5 unspecified atom stereocenters. The molecule has 0 bridgehead atoms. The van der Waals surface area contributed by atoms with Crippen molar-refractivity contribution in [2.45, 2.75) is 71.6 Å². The molecule has 2 aliphatic rings. The number of ether oxygens (including phenoxy) is 4. The van der Waals surface area contributed by atoms with Crippen LogP contribution in [0.25, 0.3) is 11.5 Å². The summed E-state index contributed by atoms with van der Waals surface area (Å²) in [5.74, 6) is 1.03. The molecule has 1 N–H and O–H groups in total. The third-order valence-electron chi connectivity index (χ3n) is 5.40. The molecule has 34 heavy (non-hydrogen) atoms. The van der Waals surface area contributed by atoms with Gasteiger partial charge in [-0.15, -0.1) is 11.3 Å². The normalized spacial score (nSPS) is 27.1. The maximum absolute atomic E-state index is 13.8. The molecular weight excluding hydrogens is 521 g/mol. The minimum absolute atomic E-state index is 0.0155. The van der Waals surface area contributed by atoms with Gasteiger partial charge in [0, 0.05) is 36.2 Å². The molecule has 2 aromatic heterocycles. The van der Waals surface area contributed by atoms with Crippen molar-refractivity contribution >= 4 is 59.1 Å². The summed E-state index contributed by atoms with van der Waals surface area (Å²) in [6.07, 6.45) is -3.26. The largest absolute Gasteiger partial charge is 0.458 e. The first kappa shape index (κ1) is 25.5. The van der Waals surface area contributed by atoms with Crippen LogP contribution in [-0.2, 0) is 34.5 Å². The molecule has 0 aromatic carbocycles. The highest BCUT2D eigenvalue weighted by Crippen LogP contribution is 2.49. The molecule has 0 saturated carbocycles. The van der Waals surface area contributed by atoms with E-state index in [0.29, 0.717) is 17.9 Å². The summed E-state index contributed by atoms with van der Waals surface area (Å²) >= 11 is 11.5. The summed E-state index contributed by atoms with van der Waals surface area (Å²) in [7, 11) is -4.50. The topological polar surface area (TPSA) is 109 Å². The highest BCUT2D eigenvalue weighted by molar-refractivity contribution is 7.80. The van der Waals surface area contributed by atoms with E-state index < -0.39 is 38.1 Å². The van der Waals surface area contributed by atoms with Gasteiger partial charge in [0.2, 0.25) is 0 Å². The van der Waals surface area contributed by atoms with Gasteiger partial charge in [-0.3, -0.25) is 9.09 Å². The van der Waals surface area contributed by atoms with Crippen LogP contribution in [-0.4, -0.2) is 50.9 Å². The number of aromatic nitrogens is 1. The molecule has 186 valence electrons. The first-order chi connectivity index (χ1) is 15.9. The van der Waals surface area contributed by atoms with Gasteiger partial charge in [-0.25, -0.2) is 4.98 Å². The first-order valence-electron chi connectivity index (χ1n) is 10.8. The SMILES string of the molecule is Cc1nc(-c2oc(CC(C)C)cc2P(=O)(O)OC(C2OC(=S)OC2C)C2OC(=S)OC2C)cs1. The number of hydrogen-bond acceptors (Lipinski definition) is 11. The maximum Gasteiger partial charge on any atom is 0.363 e. The molecule has 4 heterocycles. The monoisotopic (exact) mass is 547 g/mol. The van der Waals surface area contributed by atoms with Crippen LogP contribution in [0, 0.1) is 12.8 Å². The third kappa shape index (κ3) is 5.32. The van der Waals surface area contributed by atoms with E-state index in [1.807, 2.05) is 20.8 Å². The summed E-state index contributed by atoms with van der Waals surface area (Å²) in [5, 5.41) is 2.44. The van der Waals surface area contributed by atoms with Gasteiger partial charge in [0.1, 0.15) is 35.1 Å².